The van der Waals surface area contributed by atoms with E-state index in [2.05, 4.69) is 52.7 Å². The van der Waals surface area contributed by atoms with Gasteiger partial charge in [0.1, 0.15) is 10.7 Å². The molecular formula is C27H34N4O3S. The Balaban J connectivity index is 1.28. The van der Waals surface area contributed by atoms with E-state index in [1.54, 1.807) is 18.2 Å². The summed E-state index contributed by atoms with van der Waals surface area (Å²) in [5.74, 6) is 0.623. The Hall–Kier alpha value is -2.87. The van der Waals surface area contributed by atoms with E-state index in [1.807, 2.05) is 11.0 Å². The average molecular weight is 495 g/mol. The minimum atomic E-state index is -3.73. The molecule has 0 radical (unpaired) electrons. The molecule has 0 aromatic heterocycles. The lowest BCUT2D eigenvalue weighted by atomic mass is 9.78. The maximum absolute atomic E-state index is 13.5. The molecule has 8 heteroatoms. The maximum atomic E-state index is 13.5. The predicted octanol–water partition coefficient (Wildman–Crippen LogP) is 4.59. The summed E-state index contributed by atoms with van der Waals surface area (Å²) in [7, 11) is -3.73. The molecule has 2 fully saturated rings. The normalized spacial score (nSPS) is 22.8. The van der Waals surface area contributed by atoms with Gasteiger partial charge < -0.3 is 15.1 Å². The maximum Gasteiger partial charge on any atom is 0.286 e. The van der Waals surface area contributed by atoms with E-state index in [0.717, 1.165) is 32.2 Å². The SMILES string of the molecule is Cc1cccc(N2CCN(C(=O)CC3(CC4=NS(=O)(=O)c5ccccc5N4)CCCC3)C[C@@H]2C)c1. The Labute approximate surface area is 208 Å². The van der Waals surface area contributed by atoms with Gasteiger partial charge >= 0.3 is 0 Å². The third kappa shape index (κ3) is 4.94. The molecule has 2 aromatic rings. The van der Waals surface area contributed by atoms with Gasteiger partial charge in [0.05, 0.1) is 5.69 Å². The monoisotopic (exact) mass is 494 g/mol. The lowest BCUT2D eigenvalue weighted by molar-refractivity contribution is -0.134. The molecule has 2 aromatic carbocycles. The van der Waals surface area contributed by atoms with Crippen LogP contribution in [0.25, 0.3) is 0 Å². The number of nitrogens with zero attached hydrogens (tertiary/aromatic N) is 3. The van der Waals surface area contributed by atoms with Crippen molar-refractivity contribution < 1.29 is 13.2 Å². The average Bonchev–Trinajstić information content (AvgIpc) is 3.26. The van der Waals surface area contributed by atoms with E-state index in [0.29, 0.717) is 37.5 Å². The van der Waals surface area contributed by atoms with Crippen LogP contribution >= 0.6 is 0 Å². The number of amidine groups is 1. The van der Waals surface area contributed by atoms with Crippen molar-refractivity contribution >= 4 is 33.1 Å². The molecule has 2 aliphatic heterocycles. The second-order valence-corrected chi connectivity index (χ2v) is 12.0. The highest BCUT2D eigenvalue weighted by Gasteiger charge is 2.40. The van der Waals surface area contributed by atoms with Crippen LogP contribution in [-0.4, -0.2) is 50.7 Å². The number of aryl methyl sites for hydroxylation is 1. The largest absolute Gasteiger partial charge is 0.365 e. The molecular weight excluding hydrogens is 460 g/mol. The number of para-hydroxylation sites is 1. The summed E-state index contributed by atoms with van der Waals surface area (Å²) in [6, 6.07) is 15.6. The molecule has 1 amide bonds. The zero-order valence-corrected chi connectivity index (χ0v) is 21.4. The van der Waals surface area contributed by atoms with Crippen molar-refractivity contribution in [2.24, 2.45) is 9.81 Å². The molecule has 186 valence electrons. The fourth-order valence-corrected chi connectivity index (χ4v) is 7.09. The van der Waals surface area contributed by atoms with Gasteiger partial charge in [0.2, 0.25) is 5.91 Å². The van der Waals surface area contributed by atoms with Gasteiger partial charge in [0, 0.05) is 44.2 Å². The van der Waals surface area contributed by atoms with Crippen LogP contribution in [0, 0.1) is 12.3 Å². The van der Waals surface area contributed by atoms with E-state index in [1.165, 1.54) is 11.3 Å². The minimum absolute atomic E-state index is 0.169. The van der Waals surface area contributed by atoms with Gasteiger partial charge in [-0.05, 0) is 61.9 Å². The molecule has 1 N–H and O–H groups in total. The van der Waals surface area contributed by atoms with Gasteiger partial charge in [-0.1, -0.05) is 37.1 Å². The van der Waals surface area contributed by atoms with Crippen LogP contribution in [-0.2, 0) is 14.8 Å². The number of sulfonamides is 1. The van der Waals surface area contributed by atoms with Crippen LogP contribution in [0.15, 0.2) is 57.8 Å². The van der Waals surface area contributed by atoms with Gasteiger partial charge in [0.15, 0.2) is 0 Å². The third-order valence-corrected chi connectivity index (χ3v) is 9.09. The smallest absolute Gasteiger partial charge is 0.286 e. The summed E-state index contributed by atoms with van der Waals surface area (Å²) < 4.78 is 29.5. The lowest BCUT2D eigenvalue weighted by Gasteiger charge is -2.42. The van der Waals surface area contributed by atoms with Crippen molar-refractivity contribution in [3.63, 3.8) is 0 Å². The number of amides is 1. The number of rotatable bonds is 5. The second kappa shape index (κ2) is 9.30. The molecule has 5 rings (SSSR count). The van der Waals surface area contributed by atoms with Gasteiger partial charge in [-0.2, -0.15) is 8.42 Å². The molecule has 35 heavy (non-hydrogen) atoms. The van der Waals surface area contributed by atoms with Crippen molar-refractivity contribution in [3.8, 4) is 0 Å². The number of anilines is 2. The van der Waals surface area contributed by atoms with Crippen molar-refractivity contribution in [2.75, 3.05) is 29.9 Å². The predicted molar refractivity (Wildman–Crippen MR) is 139 cm³/mol. The second-order valence-electron chi connectivity index (χ2n) is 10.4. The van der Waals surface area contributed by atoms with Gasteiger partial charge in [-0.25, -0.2) is 0 Å². The first-order chi connectivity index (χ1) is 16.7. The van der Waals surface area contributed by atoms with E-state index in [9.17, 15) is 13.2 Å². The quantitative estimate of drug-likeness (QED) is 0.658. The van der Waals surface area contributed by atoms with Gasteiger partial charge in [0.25, 0.3) is 10.0 Å². The Bertz CT molecular complexity index is 1250. The summed E-state index contributed by atoms with van der Waals surface area (Å²) in [5.41, 5.74) is 2.76. The number of carbonyl (C=O) groups is 1. The van der Waals surface area contributed by atoms with E-state index in [-0.39, 0.29) is 22.3 Å². The van der Waals surface area contributed by atoms with Crippen LogP contribution in [0.2, 0.25) is 0 Å². The Morgan fingerprint density at radius 3 is 2.63 bits per heavy atom. The number of carbonyl (C=O) groups excluding carboxylic acids is 1. The lowest BCUT2D eigenvalue weighted by Crippen LogP contribution is -2.54. The molecule has 3 aliphatic rings. The van der Waals surface area contributed by atoms with Crippen molar-refractivity contribution in [3.05, 3.63) is 54.1 Å². The highest BCUT2D eigenvalue weighted by atomic mass is 32.2. The van der Waals surface area contributed by atoms with E-state index >= 15 is 0 Å². The molecule has 1 aliphatic carbocycles. The van der Waals surface area contributed by atoms with Crippen molar-refractivity contribution in [2.45, 2.75) is 63.3 Å². The summed E-state index contributed by atoms with van der Waals surface area (Å²) in [6.45, 7) is 6.49. The van der Waals surface area contributed by atoms with Crippen molar-refractivity contribution in [1.82, 2.24) is 4.90 Å². The Kier molecular flexibility index (Phi) is 6.34. The number of fused-ring (bicyclic) bond motifs is 1. The topological polar surface area (TPSA) is 82.1 Å². The van der Waals surface area contributed by atoms with Crippen LogP contribution in [0.1, 0.15) is 51.0 Å². The summed E-state index contributed by atoms with van der Waals surface area (Å²) in [4.78, 5) is 18.1. The molecule has 2 heterocycles. The fourth-order valence-electron chi connectivity index (χ4n) is 5.95. The number of hydrogen-bond donors (Lipinski definition) is 1. The summed E-state index contributed by atoms with van der Waals surface area (Å²) in [5, 5.41) is 3.23. The molecule has 1 atom stereocenters. The van der Waals surface area contributed by atoms with Gasteiger partial charge in [-0.15, -0.1) is 4.40 Å². The standard InChI is InChI=1S/C27H34N4O3S/c1-20-8-7-9-22(16-20)31-15-14-30(19-21(31)2)26(32)18-27(12-5-6-13-27)17-25-28-23-10-3-4-11-24(23)35(33,34)29-25/h3-4,7-11,16,21H,5-6,12-15,17-19H2,1-2H3,(H,28,29)/t21-/m0/s1. The summed E-state index contributed by atoms with van der Waals surface area (Å²) in [6.07, 6.45) is 4.86. The van der Waals surface area contributed by atoms with E-state index < -0.39 is 10.0 Å². The third-order valence-electron chi connectivity index (χ3n) is 7.72. The Morgan fingerprint density at radius 2 is 1.89 bits per heavy atom. The first-order valence-corrected chi connectivity index (χ1v) is 14.0. The molecule has 0 unspecified atom stereocenters. The van der Waals surface area contributed by atoms with Crippen LogP contribution in [0.5, 0.6) is 0 Å². The number of benzene rings is 2. The molecule has 0 bridgehead atoms. The molecule has 1 saturated carbocycles. The highest BCUT2D eigenvalue weighted by Crippen LogP contribution is 2.45. The molecule has 1 saturated heterocycles. The zero-order chi connectivity index (χ0) is 24.6. The highest BCUT2D eigenvalue weighted by molar-refractivity contribution is 7.90. The number of piperazine rings is 1. The zero-order valence-electron chi connectivity index (χ0n) is 20.5. The van der Waals surface area contributed by atoms with Gasteiger partial charge in [-0.3, -0.25) is 4.79 Å². The Morgan fingerprint density at radius 1 is 1.11 bits per heavy atom. The first-order valence-electron chi connectivity index (χ1n) is 12.6. The molecule has 7 nitrogen and oxygen atoms in total. The minimum Gasteiger partial charge on any atom is -0.365 e. The van der Waals surface area contributed by atoms with Crippen LogP contribution < -0.4 is 10.2 Å². The van der Waals surface area contributed by atoms with Crippen LogP contribution in [0.4, 0.5) is 11.4 Å². The van der Waals surface area contributed by atoms with Crippen LogP contribution in [0.3, 0.4) is 0 Å². The van der Waals surface area contributed by atoms with Crippen molar-refractivity contribution in [1.29, 1.82) is 0 Å². The fraction of sp³-hybridized carbons (Fsp3) is 0.481. The summed E-state index contributed by atoms with van der Waals surface area (Å²) >= 11 is 0. The first kappa shape index (κ1) is 23.9. The number of hydrogen-bond acceptors (Lipinski definition) is 5. The molecule has 0 spiro atoms. The van der Waals surface area contributed by atoms with E-state index in [4.69, 9.17) is 0 Å². The number of nitrogens with one attached hydrogen (secondary N) is 1.